The van der Waals surface area contributed by atoms with Gasteiger partial charge in [-0.3, -0.25) is 9.78 Å². The van der Waals surface area contributed by atoms with Crippen molar-refractivity contribution in [2.75, 3.05) is 6.54 Å². The van der Waals surface area contributed by atoms with Gasteiger partial charge < -0.3 is 9.73 Å². The first kappa shape index (κ1) is 19.2. The molecular weight excluding hydrogens is 366 g/mol. The van der Waals surface area contributed by atoms with Crippen LogP contribution in [0.2, 0.25) is 0 Å². The first-order chi connectivity index (χ1) is 14.2. The van der Waals surface area contributed by atoms with Crippen molar-refractivity contribution in [3.8, 4) is 11.6 Å². The minimum Gasteiger partial charge on any atom is -0.419 e. The zero-order valence-electron chi connectivity index (χ0n) is 16.5. The third kappa shape index (κ3) is 5.04. The molecule has 0 aliphatic heterocycles. The fourth-order valence-electron chi connectivity index (χ4n) is 3.72. The number of hydrogen-bond donors (Lipinski definition) is 1. The molecule has 0 atom stereocenters. The van der Waals surface area contributed by atoms with E-state index in [1.807, 2.05) is 37.3 Å². The van der Waals surface area contributed by atoms with Gasteiger partial charge in [-0.2, -0.15) is 0 Å². The number of rotatable bonds is 6. The largest absolute Gasteiger partial charge is 0.419 e. The van der Waals surface area contributed by atoms with Crippen LogP contribution in [0.5, 0.6) is 0 Å². The third-order valence-corrected chi connectivity index (χ3v) is 5.43. The van der Waals surface area contributed by atoms with Crippen LogP contribution < -0.4 is 5.32 Å². The summed E-state index contributed by atoms with van der Waals surface area (Å²) in [7, 11) is 0. The minimum atomic E-state index is 0.0825. The van der Waals surface area contributed by atoms with Crippen LogP contribution in [0, 0.1) is 12.8 Å². The molecule has 1 N–H and O–H groups in total. The van der Waals surface area contributed by atoms with Crippen molar-refractivity contribution in [1.29, 1.82) is 0 Å². The molecule has 1 aliphatic carbocycles. The van der Waals surface area contributed by atoms with Crippen molar-refractivity contribution < 1.29 is 9.21 Å². The second-order valence-electron chi connectivity index (χ2n) is 7.67. The van der Waals surface area contributed by atoms with Gasteiger partial charge in [0.05, 0.1) is 18.3 Å². The van der Waals surface area contributed by atoms with E-state index in [2.05, 4.69) is 25.5 Å². The zero-order chi connectivity index (χ0) is 20.1. The van der Waals surface area contributed by atoms with E-state index in [1.54, 1.807) is 12.4 Å². The molecule has 0 unspecified atom stereocenters. The number of aromatic nitrogens is 4. The lowest BCUT2D eigenvalue weighted by Gasteiger charge is -2.26. The first-order valence-corrected chi connectivity index (χ1v) is 10.1. The summed E-state index contributed by atoms with van der Waals surface area (Å²) in [5.41, 5.74) is 2.49. The fraction of sp³-hybridized carbons (Fsp3) is 0.409. The maximum atomic E-state index is 12.1. The zero-order valence-corrected chi connectivity index (χ0v) is 16.5. The van der Waals surface area contributed by atoms with Crippen LogP contribution in [0.1, 0.15) is 48.7 Å². The van der Waals surface area contributed by atoms with Crippen molar-refractivity contribution in [1.82, 2.24) is 25.5 Å². The molecule has 150 valence electrons. The maximum absolute atomic E-state index is 12.1. The summed E-state index contributed by atoms with van der Waals surface area (Å²) in [5, 5.41) is 11.4. The van der Waals surface area contributed by atoms with Crippen LogP contribution >= 0.6 is 0 Å². The molecule has 2 aromatic heterocycles. The predicted octanol–water partition coefficient (Wildman–Crippen LogP) is 3.47. The van der Waals surface area contributed by atoms with Gasteiger partial charge in [-0.15, -0.1) is 10.2 Å². The Hall–Kier alpha value is -3.09. The Kier molecular flexibility index (Phi) is 5.93. The van der Waals surface area contributed by atoms with Crippen LogP contribution in [-0.4, -0.2) is 32.6 Å². The number of hydrogen-bond acceptors (Lipinski definition) is 6. The molecule has 7 heteroatoms. The number of nitrogens with one attached hydrogen (secondary N) is 1. The molecule has 7 nitrogen and oxygen atoms in total. The highest BCUT2D eigenvalue weighted by Crippen LogP contribution is 2.35. The van der Waals surface area contributed by atoms with E-state index < -0.39 is 0 Å². The summed E-state index contributed by atoms with van der Waals surface area (Å²) in [4.78, 5) is 20.7. The highest BCUT2D eigenvalue weighted by atomic mass is 16.4. The van der Waals surface area contributed by atoms with E-state index >= 15 is 0 Å². The Morgan fingerprint density at radius 3 is 2.59 bits per heavy atom. The molecule has 4 rings (SSSR count). The number of nitrogens with zero attached hydrogens (tertiary/aromatic N) is 4. The summed E-state index contributed by atoms with van der Waals surface area (Å²) in [5.74, 6) is 1.94. The standard InChI is InChI=1S/C22H25N5O2/c1-15-12-24-19(14-23-15)22-27-26-21(29-22)18-9-7-17(8-10-18)13-25-20(28)11-16-5-3-2-4-6-16/h2-6,12,14,17-18H,7-11,13H2,1H3,(H,25,28). The summed E-state index contributed by atoms with van der Waals surface area (Å²) in [6.45, 7) is 2.62. The smallest absolute Gasteiger partial charge is 0.267 e. The van der Waals surface area contributed by atoms with Crippen molar-refractivity contribution in [2.45, 2.75) is 44.9 Å². The molecule has 0 radical (unpaired) electrons. The summed E-state index contributed by atoms with van der Waals surface area (Å²) >= 11 is 0. The molecule has 1 amide bonds. The van der Waals surface area contributed by atoms with Crippen molar-refractivity contribution >= 4 is 5.91 Å². The molecule has 1 aliphatic rings. The van der Waals surface area contributed by atoms with Gasteiger partial charge in [0.25, 0.3) is 5.89 Å². The number of aryl methyl sites for hydroxylation is 1. The highest BCUT2D eigenvalue weighted by molar-refractivity contribution is 5.78. The van der Waals surface area contributed by atoms with Gasteiger partial charge in [0, 0.05) is 18.7 Å². The average Bonchev–Trinajstić information content (AvgIpc) is 3.24. The average molecular weight is 391 g/mol. The van der Waals surface area contributed by atoms with E-state index in [9.17, 15) is 4.79 Å². The maximum Gasteiger partial charge on any atom is 0.267 e. The molecule has 1 aromatic carbocycles. The Morgan fingerprint density at radius 1 is 1.07 bits per heavy atom. The highest BCUT2D eigenvalue weighted by Gasteiger charge is 2.27. The van der Waals surface area contributed by atoms with Crippen molar-refractivity contribution in [2.24, 2.45) is 5.92 Å². The molecule has 1 fully saturated rings. The molecule has 2 heterocycles. The molecular formula is C22H25N5O2. The lowest BCUT2D eigenvalue weighted by molar-refractivity contribution is -0.120. The van der Waals surface area contributed by atoms with E-state index in [0.717, 1.165) is 43.5 Å². The van der Waals surface area contributed by atoms with Crippen LogP contribution in [0.25, 0.3) is 11.6 Å². The molecule has 3 aromatic rings. The van der Waals surface area contributed by atoms with Crippen LogP contribution in [0.4, 0.5) is 0 Å². The van der Waals surface area contributed by atoms with Crippen LogP contribution in [0.3, 0.4) is 0 Å². The van der Waals surface area contributed by atoms with Gasteiger partial charge in [0.15, 0.2) is 0 Å². The second kappa shape index (κ2) is 8.94. The van der Waals surface area contributed by atoms with E-state index in [4.69, 9.17) is 4.42 Å². The van der Waals surface area contributed by atoms with Crippen molar-refractivity contribution in [3.05, 3.63) is 59.9 Å². The Morgan fingerprint density at radius 2 is 1.86 bits per heavy atom. The van der Waals surface area contributed by atoms with E-state index in [-0.39, 0.29) is 11.8 Å². The van der Waals surface area contributed by atoms with Gasteiger partial charge in [-0.1, -0.05) is 30.3 Å². The molecule has 1 saturated carbocycles. The van der Waals surface area contributed by atoms with Crippen LogP contribution in [0.15, 0.2) is 47.1 Å². The van der Waals surface area contributed by atoms with Gasteiger partial charge >= 0.3 is 0 Å². The Balaban J connectivity index is 1.24. The second-order valence-corrected chi connectivity index (χ2v) is 7.67. The molecule has 0 bridgehead atoms. The monoisotopic (exact) mass is 391 g/mol. The summed E-state index contributed by atoms with van der Waals surface area (Å²) < 4.78 is 5.85. The fourth-order valence-corrected chi connectivity index (χ4v) is 3.72. The Bertz CT molecular complexity index is 931. The van der Waals surface area contributed by atoms with Gasteiger partial charge in [-0.05, 0) is 44.1 Å². The third-order valence-electron chi connectivity index (χ3n) is 5.43. The van der Waals surface area contributed by atoms with Gasteiger partial charge in [0.1, 0.15) is 5.69 Å². The summed E-state index contributed by atoms with van der Waals surface area (Å²) in [6, 6.07) is 9.83. The molecule has 0 saturated heterocycles. The van der Waals surface area contributed by atoms with Gasteiger partial charge in [-0.25, -0.2) is 4.98 Å². The molecule has 29 heavy (non-hydrogen) atoms. The van der Waals surface area contributed by atoms with E-state index in [0.29, 0.717) is 29.8 Å². The first-order valence-electron chi connectivity index (χ1n) is 10.1. The number of carbonyl (C=O) groups is 1. The number of amides is 1. The lowest BCUT2D eigenvalue weighted by Crippen LogP contribution is -2.32. The Labute approximate surface area is 170 Å². The quantitative estimate of drug-likeness (QED) is 0.691. The topological polar surface area (TPSA) is 93.8 Å². The van der Waals surface area contributed by atoms with Crippen molar-refractivity contribution in [3.63, 3.8) is 0 Å². The minimum absolute atomic E-state index is 0.0825. The van der Waals surface area contributed by atoms with E-state index in [1.165, 1.54) is 0 Å². The van der Waals surface area contributed by atoms with Crippen LogP contribution in [-0.2, 0) is 11.2 Å². The van der Waals surface area contributed by atoms with Gasteiger partial charge in [0.2, 0.25) is 11.8 Å². The SMILES string of the molecule is Cc1cnc(-c2nnc(C3CCC(CNC(=O)Cc4ccccc4)CC3)o2)cn1. The number of benzene rings is 1. The molecule has 0 spiro atoms. The predicted molar refractivity (Wildman–Crippen MR) is 108 cm³/mol. The number of carbonyl (C=O) groups excluding carboxylic acids is 1. The lowest BCUT2D eigenvalue weighted by atomic mass is 9.82. The summed E-state index contributed by atoms with van der Waals surface area (Å²) in [6.07, 6.45) is 7.83. The normalized spacial score (nSPS) is 19.1.